The second kappa shape index (κ2) is 8.03. The molecule has 0 aliphatic heterocycles. The van der Waals surface area contributed by atoms with Gasteiger partial charge in [-0.3, -0.25) is 9.78 Å². The fourth-order valence-electron chi connectivity index (χ4n) is 2.78. The van der Waals surface area contributed by atoms with E-state index in [0.717, 1.165) is 18.9 Å². The summed E-state index contributed by atoms with van der Waals surface area (Å²) < 4.78 is 42.4. The van der Waals surface area contributed by atoms with Crippen molar-refractivity contribution in [3.63, 3.8) is 0 Å². The number of esters is 1. The molecule has 0 bridgehead atoms. The third kappa shape index (κ3) is 4.51. The van der Waals surface area contributed by atoms with Gasteiger partial charge in [-0.15, -0.1) is 0 Å². The molecule has 30 heavy (non-hydrogen) atoms. The van der Waals surface area contributed by atoms with Crippen molar-refractivity contribution in [3.8, 4) is 5.75 Å². The lowest BCUT2D eigenvalue weighted by Gasteiger charge is -2.11. The summed E-state index contributed by atoms with van der Waals surface area (Å²) in [5.41, 5.74) is 0.189. The zero-order valence-electron chi connectivity index (χ0n) is 15.8. The lowest BCUT2D eigenvalue weighted by molar-refractivity contribution is 0.0590. The molecule has 2 N–H and O–H groups in total. The number of fused-ring (bicyclic) bond motifs is 1. The number of aromatic hydroxyl groups is 1. The topological polar surface area (TPSA) is 136 Å². The van der Waals surface area contributed by atoms with Crippen LogP contribution in [0.15, 0.2) is 36.5 Å². The van der Waals surface area contributed by atoms with Gasteiger partial charge in [-0.2, -0.15) is 0 Å². The summed E-state index contributed by atoms with van der Waals surface area (Å²) in [5.74, 6) is -3.13. The third-order valence-electron chi connectivity index (χ3n) is 4.07. The second-order valence-electron chi connectivity index (χ2n) is 6.40. The van der Waals surface area contributed by atoms with Crippen molar-refractivity contribution < 1.29 is 32.2 Å². The largest absolute Gasteiger partial charge is 0.504 e. The third-order valence-corrected chi connectivity index (χ3v) is 4.62. The first-order chi connectivity index (χ1) is 14.1. The highest BCUT2D eigenvalue weighted by Gasteiger charge is 2.25. The van der Waals surface area contributed by atoms with Gasteiger partial charge in [0.25, 0.3) is 5.91 Å². The van der Waals surface area contributed by atoms with Gasteiger partial charge in [-0.25, -0.2) is 27.3 Å². The van der Waals surface area contributed by atoms with Crippen molar-refractivity contribution in [2.75, 3.05) is 13.4 Å². The van der Waals surface area contributed by atoms with E-state index < -0.39 is 39.0 Å². The highest BCUT2D eigenvalue weighted by Crippen LogP contribution is 2.29. The molecule has 0 spiro atoms. The molecule has 3 rings (SSSR count). The van der Waals surface area contributed by atoms with Crippen molar-refractivity contribution in [3.05, 3.63) is 64.9 Å². The van der Waals surface area contributed by atoms with E-state index in [1.165, 1.54) is 24.4 Å². The molecule has 9 nitrogen and oxygen atoms in total. The molecule has 11 heteroatoms. The van der Waals surface area contributed by atoms with Crippen molar-refractivity contribution in [2.24, 2.45) is 0 Å². The molecule has 0 unspecified atom stereocenters. The molecule has 0 aliphatic carbocycles. The van der Waals surface area contributed by atoms with E-state index in [2.05, 4.69) is 14.7 Å². The molecular weight excluding hydrogens is 417 g/mol. The number of sulfonamides is 1. The summed E-state index contributed by atoms with van der Waals surface area (Å²) >= 11 is 0. The molecule has 0 saturated heterocycles. The number of carbonyl (C=O) groups excluding carboxylic acids is 2. The number of nitrogens with one attached hydrogen (secondary N) is 1. The Labute approximate surface area is 170 Å². The zero-order chi connectivity index (χ0) is 22.1. The number of amides is 1. The average molecular weight is 433 g/mol. The van der Waals surface area contributed by atoms with Gasteiger partial charge in [0.15, 0.2) is 11.4 Å². The van der Waals surface area contributed by atoms with Crippen molar-refractivity contribution >= 4 is 32.8 Å². The van der Waals surface area contributed by atoms with Crippen LogP contribution in [0.4, 0.5) is 4.39 Å². The SMILES string of the molecule is COC(=O)c1nc(C(=O)NS(C)(=O)=O)c2cc(Cc3ccc(F)cc3)cnc2c1O. The molecule has 0 radical (unpaired) electrons. The van der Waals surface area contributed by atoms with E-state index in [9.17, 15) is 27.5 Å². The molecule has 156 valence electrons. The Hall–Kier alpha value is -3.60. The number of halogens is 1. The molecule has 0 fully saturated rings. The summed E-state index contributed by atoms with van der Waals surface area (Å²) in [6, 6.07) is 7.23. The van der Waals surface area contributed by atoms with Gasteiger partial charge >= 0.3 is 5.97 Å². The van der Waals surface area contributed by atoms with Crippen LogP contribution in [0.1, 0.15) is 32.1 Å². The minimum Gasteiger partial charge on any atom is -0.504 e. The number of rotatable bonds is 5. The van der Waals surface area contributed by atoms with Crippen LogP contribution in [0.5, 0.6) is 5.75 Å². The highest BCUT2D eigenvalue weighted by atomic mass is 32.2. The number of benzene rings is 1. The molecule has 3 aromatic rings. The fourth-order valence-corrected chi connectivity index (χ4v) is 3.21. The van der Waals surface area contributed by atoms with Gasteiger partial charge in [-0.05, 0) is 35.7 Å². The molecule has 2 heterocycles. The Kier molecular flexibility index (Phi) is 5.65. The van der Waals surface area contributed by atoms with Gasteiger partial charge in [0.05, 0.1) is 13.4 Å². The summed E-state index contributed by atoms with van der Waals surface area (Å²) in [7, 11) is -2.87. The minimum absolute atomic E-state index is 0.0286. The van der Waals surface area contributed by atoms with E-state index in [4.69, 9.17) is 0 Å². The van der Waals surface area contributed by atoms with Crippen LogP contribution in [0.2, 0.25) is 0 Å². The predicted molar refractivity (Wildman–Crippen MR) is 104 cm³/mol. The number of aromatic nitrogens is 2. The number of hydrogen-bond acceptors (Lipinski definition) is 8. The maximum Gasteiger partial charge on any atom is 0.360 e. The maximum absolute atomic E-state index is 13.1. The fraction of sp³-hybridized carbons (Fsp3) is 0.158. The number of carbonyl (C=O) groups is 2. The summed E-state index contributed by atoms with van der Waals surface area (Å²) in [5, 5.41) is 10.4. The standard InChI is InChI=1S/C19H16FN3O6S/c1-29-19(26)16-17(24)14-13(15(22-16)18(25)23-30(2,27)28)8-11(9-21-14)7-10-3-5-12(20)6-4-10/h3-6,8-9,24H,7H2,1-2H3,(H,23,25). The lowest BCUT2D eigenvalue weighted by Crippen LogP contribution is -2.30. The summed E-state index contributed by atoms with van der Waals surface area (Å²) in [4.78, 5) is 32.4. The number of nitrogens with zero attached hydrogens (tertiary/aromatic N) is 2. The Morgan fingerprint density at radius 1 is 1.17 bits per heavy atom. The van der Waals surface area contributed by atoms with Crippen LogP contribution < -0.4 is 4.72 Å². The molecule has 2 aromatic heterocycles. The van der Waals surface area contributed by atoms with Crippen molar-refractivity contribution in [1.29, 1.82) is 0 Å². The van der Waals surface area contributed by atoms with Gasteiger partial charge in [0.1, 0.15) is 17.0 Å². The van der Waals surface area contributed by atoms with Crippen LogP contribution in [0.3, 0.4) is 0 Å². The second-order valence-corrected chi connectivity index (χ2v) is 8.14. The number of methoxy groups -OCH3 is 1. The van der Waals surface area contributed by atoms with Gasteiger partial charge in [0.2, 0.25) is 10.0 Å². The van der Waals surface area contributed by atoms with Crippen molar-refractivity contribution in [2.45, 2.75) is 6.42 Å². The van der Waals surface area contributed by atoms with Crippen LogP contribution >= 0.6 is 0 Å². The lowest BCUT2D eigenvalue weighted by atomic mass is 10.0. The number of pyridine rings is 2. The van der Waals surface area contributed by atoms with Gasteiger partial charge < -0.3 is 9.84 Å². The maximum atomic E-state index is 13.1. The minimum atomic E-state index is -3.93. The van der Waals surface area contributed by atoms with Crippen LogP contribution in [0.25, 0.3) is 10.9 Å². The monoisotopic (exact) mass is 433 g/mol. The predicted octanol–water partition coefficient (Wildman–Crippen LogP) is 1.54. The summed E-state index contributed by atoms with van der Waals surface area (Å²) in [6.45, 7) is 0. The normalized spacial score (nSPS) is 11.3. The Morgan fingerprint density at radius 3 is 2.43 bits per heavy atom. The van der Waals surface area contributed by atoms with Gasteiger partial charge in [-0.1, -0.05) is 12.1 Å². The molecule has 0 aliphatic rings. The smallest absolute Gasteiger partial charge is 0.360 e. The van der Waals surface area contributed by atoms with E-state index in [-0.39, 0.29) is 16.7 Å². The van der Waals surface area contributed by atoms with E-state index in [0.29, 0.717) is 12.0 Å². The van der Waals surface area contributed by atoms with Crippen molar-refractivity contribution in [1.82, 2.24) is 14.7 Å². The molecule has 0 atom stereocenters. The van der Waals surface area contributed by atoms with E-state index in [1.807, 2.05) is 0 Å². The van der Waals surface area contributed by atoms with Gasteiger partial charge in [0, 0.05) is 11.6 Å². The molecular formula is C19H16FN3O6S. The molecule has 1 amide bonds. The first-order valence-electron chi connectivity index (χ1n) is 8.45. The first kappa shape index (κ1) is 21.1. The van der Waals surface area contributed by atoms with Crippen LogP contribution in [0, 0.1) is 5.82 Å². The van der Waals surface area contributed by atoms with Crippen LogP contribution in [-0.4, -0.2) is 48.7 Å². The Bertz CT molecular complexity index is 1260. The van der Waals surface area contributed by atoms with E-state index in [1.54, 1.807) is 16.9 Å². The molecule has 0 saturated carbocycles. The zero-order valence-corrected chi connectivity index (χ0v) is 16.7. The van der Waals surface area contributed by atoms with Crippen LogP contribution in [-0.2, 0) is 21.2 Å². The Morgan fingerprint density at radius 2 is 1.83 bits per heavy atom. The average Bonchev–Trinajstić information content (AvgIpc) is 2.68. The molecule has 1 aromatic carbocycles. The quantitative estimate of drug-likeness (QED) is 0.579. The highest BCUT2D eigenvalue weighted by molar-refractivity contribution is 7.89. The first-order valence-corrected chi connectivity index (χ1v) is 10.3. The summed E-state index contributed by atoms with van der Waals surface area (Å²) in [6.07, 6.45) is 2.51. The van der Waals surface area contributed by atoms with E-state index >= 15 is 0 Å². The number of ether oxygens (including phenoxy) is 1. The number of hydrogen-bond donors (Lipinski definition) is 2. The Balaban J connectivity index is 2.17.